The number of H-pyrrole nitrogens is 1. The summed E-state index contributed by atoms with van der Waals surface area (Å²) in [5.74, 6) is 2.38. The van der Waals surface area contributed by atoms with Crippen molar-refractivity contribution in [3.05, 3.63) is 58.0 Å². The number of aromatic nitrogens is 3. The molecule has 0 spiro atoms. The Labute approximate surface area is 200 Å². The Kier molecular flexibility index (Phi) is 7.26. The first kappa shape index (κ1) is 23.9. The fourth-order valence-corrected chi connectivity index (χ4v) is 4.85. The number of piperidine rings is 1. The predicted molar refractivity (Wildman–Crippen MR) is 132 cm³/mol. The van der Waals surface area contributed by atoms with E-state index in [-0.39, 0.29) is 17.6 Å². The zero-order chi connectivity index (χ0) is 24.2. The van der Waals surface area contributed by atoms with Gasteiger partial charge in [-0.25, -0.2) is 9.89 Å². The van der Waals surface area contributed by atoms with E-state index in [0.29, 0.717) is 28.6 Å². The maximum Gasteiger partial charge on any atom is 0.343 e. The van der Waals surface area contributed by atoms with Gasteiger partial charge in [0, 0.05) is 31.2 Å². The van der Waals surface area contributed by atoms with E-state index in [1.807, 2.05) is 12.1 Å². The van der Waals surface area contributed by atoms with Crippen molar-refractivity contribution >= 4 is 0 Å². The van der Waals surface area contributed by atoms with Gasteiger partial charge in [-0.05, 0) is 30.4 Å². The molecule has 0 atom stereocenters. The van der Waals surface area contributed by atoms with Crippen molar-refractivity contribution in [2.24, 2.45) is 0 Å². The average Bonchev–Trinajstić information content (AvgIpc) is 3.24. The van der Waals surface area contributed by atoms with Crippen LogP contribution in [0.3, 0.4) is 0 Å². The van der Waals surface area contributed by atoms with Crippen molar-refractivity contribution < 1.29 is 14.2 Å². The van der Waals surface area contributed by atoms with Gasteiger partial charge in [0.15, 0.2) is 17.3 Å². The number of methoxy groups -OCH3 is 3. The molecule has 8 nitrogen and oxygen atoms in total. The van der Waals surface area contributed by atoms with Gasteiger partial charge in [0.2, 0.25) is 5.75 Å². The number of hydrogen-bond donors (Lipinski definition) is 1. The molecule has 1 aromatic heterocycles. The lowest BCUT2D eigenvalue weighted by atomic mass is 9.97. The van der Waals surface area contributed by atoms with E-state index < -0.39 is 0 Å². The quantitative estimate of drug-likeness (QED) is 0.535. The van der Waals surface area contributed by atoms with E-state index >= 15 is 0 Å². The summed E-state index contributed by atoms with van der Waals surface area (Å²) in [5.41, 5.74) is 2.78. The highest BCUT2D eigenvalue weighted by molar-refractivity contribution is 5.75. The Morgan fingerprint density at radius 2 is 1.65 bits per heavy atom. The first-order valence-corrected chi connectivity index (χ1v) is 11.7. The third-order valence-corrected chi connectivity index (χ3v) is 6.57. The summed E-state index contributed by atoms with van der Waals surface area (Å²) >= 11 is 0. The van der Waals surface area contributed by atoms with E-state index in [1.54, 1.807) is 25.9 Å². The summed E-state index contributed by atoms with van der Waals surface area (Å²) in [7, 11) is 4.80. The van der Waals surface area contributed by atoms with E-state index in [2.05, 4.69) is 53.2 Å². The number of nitrogens with one attached hydrogen (secondary N) is 1. The molecule has 1 aliphatic rings. The van der Waals surface area contributed by atoms with Gasteiger partial charge in [-0.15, -0.1) is 0 Å². The molecule has 8 heteroatoms. The topological polar surface area (TPSA) is 81.6 Å². The molecular weight excluding hydrogens is 432 g/mol. The van der Waals surface area contributed by atoms with Gasteiger partial charge < -0.3 is 14.2 Å². The highest BCUT2D eigenvalue weighted by Crippen LogP contribution is 2.48. The molecule has 34 heavy (non-hydrogen) atoms. The molecule has 0 amide bonds. The molecule has 2 heterocycles. The number of benzene rings is 2. The monoisotopic (exact) mass is 466 g/mol. The largest absolute Gasteiger partial charge is 0.492 e. The van der Waals surface area contributed by atoms with Crippen LogP contribution in [0.1, 0.15) is 49.8 Å². The summed E-state index contributed by atoms with van der Waals surface area (Å²) in [5, 5.41) is 7.09. The van der Waals surface area contributed by atoms with Crippen LogP contribution in [0.4, 0.5) is 0 Å². The molecule has 182 valence electrons. The zero-order valence-corrected chi connectivity index (χ0v) is 20.6. The number of likely N-dealkylation sites (tertiary alicyclic amines) is 1. The van der Waals surface area contributed by atoms with Crippen molar-refractivity contribution in [2.75, 3.05) is 34.4 Å². The summed E-state index contributed by atoms with van der Waals surface area (Å²) < 4.78 is 18.9. The van der Waals surface area contributed by atoms with Crippen LogP contribution in [0.25, 0.3) is 11.4 Å². The Hall–Kier alpha value is -3.26. The van der Waals surface area contributed by atoms with Gasteiger partial charge in [0.1, 0.15) is 0 Å². The predicted octanol–water partition coefficient (Wildman–Crippen LogP) is 4.22. The fourth-order valence-electron chi connectivity index (χ4n) is 4.85. The molecule has 0 unspecified atom stereocenters. The molecule has 4 rings (SSSR count). The second-order valence-electron chi connectivity index (χ2n) is 8.98. The van der Waals surface area contributed by atoms with E-state index in [4.69, 9.17) is 14.2 Å². The third kappa shape index (κ3) is 4.55. The molecule has 1 fully saturated rings. The van der Waals surface area contributed by atoms with Crippen LogP contribution < -0.4 is 19.9 Å². The summed E-state index contributed by atoms with van der Waals surface area (Å²) in [6.07, 6.45) is 1.73. The summed E-state index contributed by atoms with van der Waals surface area (Å²) in [6.45, 7) is 6.93. The van der Waals surface area contributed by atoms with Crippen LogP contribution >= 0.6 is 0 Å². The van der Waals surface area contributed by atoms with Gasteiger partial charge in [-0.2, -0.15) is 5.10 Å². The van der Waals surface area contributed by atoms with E-state index in [0.717, 1.165) is 38.0 Å². The molecule has 0 saturated carbocycles. The molecule has 3 aromatic rings. The van der Waals surface area contributed by atoms with Gasteiger partial charge in [0.05, 0.1) is 26.9 Å². The number of nitrogens with zero attached hydrogens (tertiary/aromatic N) is 3. The lowest BCUT2D eigenvalue weighted by Crippen LogP contribution is -2.36. The molecule has 2 aromatic carbocycles. The number of rotatable bonds is 8. The minimum absolute atomic E-state index is 0.0496. The Bertz CT molecular complexity index is 1160. The maximum absolute atomic E-state index is 12.9. The SMILES string of the molecule is COc1c(-c2n[nH]c(=O)n2C2CCN(Cc3ccccc3)CC2)cc(C(C)C)c(OC)c1OC. The molecule has 1 N–H and O–H groups in total. The lowest BCUT2D eigenvalue weighted by molar-refractivity contribution is 0.178. The molecule has 0 aliphatic carbocycles. The van der Waals surface area contributed by atoms with E-state index in [1.165, 1.54) is 5.56 Å². The molecule has 1 aliphatic heterocycles. The smallest absolute Gasteiger partial charge is 0.343 e. The van der Waals surface area contributed by atoms with Crippen molar-refractivity contribution in [2.45, 2.75) is 45.2 Å². The molecule has 0 radical (unpaired) electrons. The zero-order valence-electron chi connectivity index (χ0n) is 20.6. The van der Waals surface area contributed by atoms with Crippen LogP contribution in [0, 0.1) is 0 Å². The first-order valence-electron chi connectivity index (χ1n) is 11.7. The Balaban J connectivity index is 1.67. The van der Waals surface area contributed by atoms with E-state index in [9.17, 15) is 4.79 Å². The number of ether oxygens (including phenoxy) is 3. The minimum atomic E-state index is -0.209. The van der Waals surface area contributed by atoms with Crippen LogP contribution in [0.15, 0.2) is 41.2 Å². The van der Waals surface area contributed by atoms with Crippen LogP contribution in [-0.2, 0) is 6.54 Å². The van der Waals surface area contributed by atoms with Crippen LogP contribution in [-0.4, -0.2) is 54.1 Å². The normalized spacial score (nSPS) is 15.0. The molecule has 1 saturated heterocycles. The molecule has 0 bridgehead atoms. The van der Waals surface area contributed by atoms with Crippen LogP contribution in [0.2, 0.25) is 0 Å². The lowest BCUT2D eigenvalue weighted by Gasteiger charge is -2.32. The Morgan fingerprint density at radius 1 is 1.00 bits per heavy atom. The second kappa shape index (κ2) is 10.3. The maximum atomic E-state index is 12.9. The van der Waals surface area contributed by atoms with Crippen molar-refractivity contribution in [1.82, 2.24) is 19.7 Å². The number of aromatic amines is 1. The summed E-state index contributed by atoms with van der Waals surface area (Å²) in [6, 6.07) is 12.5. The van der Waals surface area contributed by atoms with Gasteiger partial charge in [-0.1, -0.05) is 44.2 Å². The van der Waals surface area contributed by atoms with Crippen LogP contribution in [0.5, 0.6) is 17.2 Å². The van der Waals surface area contributed by atoms with Gasteiger partial charge in [-0.3, -0.25) is 9.47 Å². The fraction of sp³-hybridized carbons (Fsp3) is 0.462. The first-order chi connectivity index (χ1) is 16.5. The highest BCUT2D eigenvalue weighted by atomic mass is 16.5. The third-order valence-electron chi connectivity index (χ3n) is 6.57. The second-order valence-corrected chi connectivity index (χ2v) is 8.98. The van der Waals surface area contributed by atoms with Gasteiger partial charge >= 0.3 is 5.69 Å². The highest BCUT2D eigenvalue weighted by Gasteiger charge is 2.29. The minimum Gasteiger partial charge on any atom is -0.492 e. The van der Waals surface area contributed by atoms with Crippen molar-refractivity contribution in [3.63, 3.8) is 0 Å². The number of hydrogen-bond acceptors (Lipinski definition) is 6. The van der Waals surface area contributed by atoms with Gasteiger partial charge in [0.25, 0.3) is 0 Å². The standard InChI is InChI=1S/C26H34N4O4/c1-17(2)20-15-21(23(33-4)24(34-5)22(20)32-3)25-27-28-26(31)30(25)19-11-13-29(14-12-19)16-18-9-7-6-8-10-18/h6-10,15,17,19H,11-14,16H2,1-5H3,(H,28,31). The average molecular weight is 467 g/mol. The Morgan fingerprint density at radius 3 is 2.24 bits per heavy atom. The summed E-state index contributed by atoms with van der Waals surface area (Å²) in [4.78, 5) is 15.4. The van der Waals surface area contributed by atoms with Crippen molar-refractivity contribution in [3.8, 4) is 28.6 Å². The van der Waals surface area contributed by atoms with Crippen molar-refractivity contribution in [1.29, 1.82) is 0 Å². The molecular formula is C26H34N4O4.